The number of ether oxygens (including phenoxy) is 2. The van der Waals surface area contributed by atoms with Crippen molar-refractivity contribution in [2.24, 2.45) is 5.92 Å². The van der Waals surface area contributed by atoms with E-state index < -0.39 is 0 Å². The lowest BCUT2D eigenvalue weighted by atomic mass is 9.93. The lowest BCUT2D eigenvalue weighted by Gasteiger charge is -2.44. The average molecular weight is 439 g/mol. The second-order valence-corrected chi connectivity index (χ2v) is 9.63. The Morgan fingerprint density at radius 2 is 1.94 bits per heavy atom. The Morgan fingerprint density at radius 3 is 2.69 bits per heavy atom. The minimum absolute atomic E-state index is 0.0116. The van der Waals surface area contributed by atoms with Crippen molar-refractivity contribution in [1.82, 2.24) is 29.9 Å². The van der Waals surface area contributed by atoms with Crippen LogP contribution in [-0.4, -0.2) is 63.0 Å². The molecule has 2 atom stereocenters. The summed E-state index contributed by atoms with van der Waals surface area (Å²) in [7, 11) is 0. The number of nitrogens with one attached hydrogen (secondary N) is 1. The van der Waals surface area contributed by atoms with E-state index in [1.165, 1.54) is 0 Å². The van der Waals surface area contributed by atoms with Crippen LogP contribution in [0.15, 0.2) is 30.7 Å². The molecule has 2 aromatic rings. The Labute approximate surface area is 190 Å². The van der Waals surface area contributed by atoms with E-state index in [2.05, 4.69) is 78.2 Å². The standard InChI is InChI=1S/C24H34N6O2/c1-15(2)29-11-18(12-29)17(5)32-19-6-7-20-22(10-19)31-9-8-28-13-21(27-23(20)28)24-25-14-26-30(24)16(3)4/h6-7,10,13-18,23,27H,8-9,11-12H2,1-5H3. The van der Waals surface area contributed by atoms with Crippen molar-refractivity contribution in [3.63, 3.8) is 0 Å². The van der Waals surface area contributed by atoms with E-state index in [1.807, 2.05) is 10.7 Å². The van der Waals surface area contributed by atoms with E-state index in [-0.39, 0.29) is 18.3 Å². The molecule has 8 heteroatoms. The fourth-order valence-corrected chi connectivity index (χ4v) is 4.68. The molecule has 0 amide bonds. The summed E-state index contributed by atoms with van der Waals surface area (Å²) < 4.78 is 14.4. The smallest absolute Gasteiger partial charge is 0.176 e. The van der Waals surface area contributed by atoms with Gasteiger partial charge in [0.1, 0.15) is 36.7 Å². The van der Waals surface area contributed by atoms with Crippen LogP contribution in [0.3, 0.4) is 0 Å². The van der Waals surface area contributed by atoms with Gasteiger partial charge in [0.25, 0.3) is 0 Å². The summed E-state index contributed by atoms with van der Waals surface area (Å²) in [5.74, 6) is 3.19. The molecule has 32 heavy (non-hydrogen) atoms. The zero-order valence-corrected chi connectivity index (χ0v) is 19.7. The summed E-state index contributed by atoms with van der Waals surface area (Å²) in [6.07, 6.45) is 3.95. The minimum Gasteiger partial charge on any atom is -0.491 e. The molecular weight excluding hydrogens is 404 g/mol. The van der Waals surface area contributed by atoms with Crippen molar-refractivity contribution < 1.29 is 9.47 Å². The molecule has 0 saturated carbocycles. The third kappa shape index (κ3) is 3.81. The normalized spacial score (nSPS) is 21.9. The van der Waals surface area contributed by atoms with Crippen molar-refractivity contribution in [3.8, 4) is 11.5 Å². The summed E-state index contributed by atoms with van der Waals surface area (Å²) in [6, 6.07) is 7.09. The predicted molar refractivity (Wildman–Crippen MR) is 123 cm³/mol. The highest BCUT2D eigenvalue weighted by Crippen LogP contribution is 2.38. The van der Waals surface area contributed by atoms with Crippen molar-refractivity contribution in [3.05, 3.63) is 42.1 Å². The van der Waals surface area contributed by atoms with E-state index in [0.29, 0.717) is 18.6 Å². The molecule has 4 heterocycles. The molecule has 2 unspecified atom stereocenters. The van der Waals surface area contributed by atoms with Gasteiger partial charge in [-0.25, -0.2) is 9.67 Å². The van der Waals surface area contributed by atoms with Crippen LogP contribution in [0.1, 0.15) is 58.2 Å². The van der Waals surface area contributed by atoms with Crippen molar-refractivity contribution in [2.45, 2.75) is 59.0 Å². The highest BCUT2D eigenvalue weighted by Gasteiger charge is 2.35. The van der Waals surface area contributed by atoms with Crippen LogP contribution < -0.4 is 14.8 Å². The number of hydrogen-bond donors (Lipinski definition) is 1. The Hall–Kier alpha value is -2.74. The van der Waals surface area contributed by atoms with Crippen LogP contribution in [0.5, 0.6) is 11.5 Å². The van der Waals surface area contributed by atoms with Crippen LogP contribution >= 0.6 is 0 Å². The molecule has 172 valence electrons. The fraction of sp³-hybridized carbons (Fsp3) is 0.583. The molecule has 3 aliphatic heterocycles. The SMILES string of the molecule is CC(Oc1ccc2c(c1)OCCN1C=C(c3ncnn3C(C)C)NC21)C1CN(C(C)C)C1. The summed E-state index contributed by atoms with van der Waals surface area (Å²) >= 11 is 0. The number of aromatic nitrogens is 3. The van der Waals surface area contributed by atoms with Gasteiger partial charge in [-0.3, -0.25) is 0 Å². The monoisotopic (exact) mass is 438 g/mol. The number of rotatable bonds is 6. The minimum atomic E-state index is 0.0116. The summed E-state index contributed by atoms with van der Waals surface area (Å²) in [5.41, 5.74) is 2.10. The van der Waals surface area contributed by atoms with Gasteiger partial charge < -0.3 is 24.6 Å². The second kappa shape index (κ2) is 8.31. The first kappa shape index (κ1) is 21.1. The van der Waals surface area contributed by atoms with Crippen LogP contribution in [0.2, 0.25) is 0 Å². The number of benzene rings is 1. The van der Waals surface area contributed by atoms with Gasteiger partial charge in [-0.2, -0.15) is 5.10 Å². The maximum absolute atomic E-state index is 6.31. The highest BCUT2D eigenvalue weighted by atomic mass is 16.5. The van der Waals surface area contributed by atoms with Crippen LogP contribution in [0.4, 0.5) is 0 Å². The van der Waals surface area contributed by atoms with E-state index in [0.717, 1.165) is 48.2 Å². The van der Waals surface area contributed by atoms with Gasteiger partial charge in [-0.1, -0.05) is 0 Å². The maximum Gasteiger partial charge on any atom is 0.176 e. The van der Waals surface area contributed by atoms with E-state index in [4.69, 9.17) is 9.47 Å². The largest absolute Gasteiger partial charge is 0.491 e. The molecule has 1 aromatic heterocycles. The molecule has 1 saturated heterocycles. The van der Waals surface area contributed by atoms with Gasteiger partial charge in [0, 0.05) is 48.9 Å². The third-order valence-electron chi connectivity index (χ3n) is 6.76. The molecule has 3 aliphatic rings. The van der Waals surface area contributed by atoms with Crippen molar-refractivity contribution in [2.75, 3.05) is 26.2 Å². The van der Waals surface area contributed by atoms with Gasteiger partial charge in [-0.15, -0.1) is 0 Å². The summed E-state index contributed by atoms with van der Waals surface area (Å²) in [5, 5.41) is 8.02. The molecule has 0 bridgehead atoms. The van der Waals surface area contributed by atoms with Gasteiger partial charge in [0.15, 0.2) is 5.82 Å². The van der Waals surface area contributed by atoms with Gasteiger partial charge in [0.2, 0.25) is 0 Å². The molecule has 5 rings (SSSR count). The third-order valence-corrected chi connectivity index (χ3v) is 6.76. The molecule has 0 aliphatic carbocycles. The zero-order valence-electron chi connectivity index (χ0n) is 19.7. The molecule has 1 fully saturated rings. The lowest BCUT2D eigenvalue weighted by Crippen LogP contribution is -2.54. The molecule has 1 N–H and O–H groups in total. The first-order chi connectivity index (χ1) is 15.4. The quantitative estimate of drug-likeness (QED) is 0.742. The van der Waals surface area contributed by atoms with Crippen molar-refractivity contribution >= 4 is 5.70 Å². The predicted octanol–water partition coefficient (Wildman–Crippen LogP) is 3.26. The van der Waals surface area contributed by atoms with Crippen molar-refractivity contribution in [1.29, 1.82) is 0 Å². The van der Waals surface area contributed by atoms with E-state index >= 15 is 0 Å². The van der Waals surface area contributed by atoms with Crippen LogP contribution in [0.25, 0.3) is 5.70 Å². The Bertz CT molecular complexity index is 994. The van der Waals surface area contributed by atoms with E-state index in [1.54, 1.807) is 6.33 Å². The number of hydrogen-bond acceptors (Lipinski definition) is 7. The van der Waals surface area contributed by atoms with Gasteiger partial charge in [0.05, 0.1) is 12.2 Å². The Morgan fingerprint density at radius 1 is 1.12 bits per heavy atom. The zero-order chi connectivity index (χ0) is 22.4. The molecular formula is C24H34N6O2. The summed E-state index contributed by atoms with van der Waals surface area (Å²) in [4.78, 5) is 9.25. The second-order valence-electron chi connectivity index (χ2n) is 9.63. The Balaban J connectivity index is 1.30. The average Bonchev–Trinajstić information content (AvgIpc) is 3.31. The number of likely N-dealkylation sites (tertiary alicyclic amines) is 1. The first-order valence-electron chi connectivity index (χ1n) is 11.7. The molecule has 8 nitrogen and oxygen atoms in total. The maximum atomic E-state index is 6.31. The van der Waals surface area contributed by atoms with E-state index in [9.17, 15) is 0 Å². The fourth-order valence-electron chi connectivity index (χ4n) is 4.68. The lowest BCUT2D eigenvalue weighted by molar-refractivity contribution is -0.000114. The van der Waals surface area contributed by atoms with Crippen LogP contribution in [-0.2, 0) is 0 Å². The highest BCUT2D eigenvalue weighted by molar-refractivity contribution is 5.61. The summed E-state index contributed by atoms with van der Waals surface area (Å²) in [6.45, 7) is 14.5. The topological polar surface area (TPSA) is 67.7 Å². The molecule has 0 radical (unpaired) electrons. The van der Waals surface area contributed by atoms with Gasteiger partial charge in [-0.05, 0) is 46.8 Å². The number of nitrogens with zero attached hydrogens (tertiary/aromatic N) is 5. The first-order valence-corrected chi connectivity index (χ1v) is 11.7. The van der Waals surface area contributed by atoms with Gasteiger partial charge >= 0.3 is 0 Å². The van der Waals surface area contributed by atoms with Crippen LogP contribution in [0, 0.1) is 5.92 Å². The Kier molecular flexibility index (Phi) is 5.49. The number of fused-ring (bicyclic) bond motifs is 3. The molecule has 0 spiro atoms. The molecule has 1 aromatic carbocycles.